The van der Waals surface area contributed by atoms with Gasteiger partial charge in [0.25, 0.3) is 0 Å². The number of ether oxygens (including phenoxy) is 1. The van der Waals surface area contributed by atoms with Crippen molar-refractivity contribution in [2.45, 2.75) is 6.92 Å². The Morgan fingerprint density at radius 3 is 2.67 bits per heavy atom. The second-order valence-corrected chi connectivity index (χ2v) is 3.53. The summed E-state index contributed by atoms with van der Waals surface area (Å²) in [5.41, 5.74) is -0.702. The van der Waals surface area contributed by atoms with Crippen LogP contribution in [0.25, 0.3) is 10.9 Å². The fraction of sp³-hybridized carbons (Fsp3) is 0.167. The third-order valence-corrected chi connectivity index (χ3v) is 2.49. The van der Waals surface area contributed by atoms with E-state index in [0.29, 0.717) is 6.29 Å². The largest absolute Gasteiger partial charge is 0.461 e. The zero-order chi connectivity index (χ0) is 13.3. The fourth-order valence-electron chi connectivity index (χ4n) is 1.74. The molecule has 0 amide bonds. The highest BCUT2D eigenvalue weighted by atomic mass is 19.1. The number of hydrogen-bond donors (Lipinski definition) is 1. The Morgan fingerprint density at radius 1 is 1.39 bits per heavy atom. The molecule has 0 aliphatic heterocycles. The van der Waals surface area contributed by atoms with Gasteiger partial charge in [-0.15, -0.1) is 0 Å². The maximum absolute atomic E-state index is 13.6. The van der Waals surface area contributed by atoms with Gasteiger partial charge in [0.1, 0.15) is 17.3 Å². The second-order valence-electron chi connectivity index (χ2n) is 3.53. The quantitative estimate of drug-likeness (QED) is 0.675. The summed E-state index contributed by atoms with van der Waals surface area (Å²) in [7, 11) is 0. The van der Waals surface area contributed by atoms with Gasteiger partial charge in [-0.05, 0) is 19.1 Å². The predicted octanol–water partition coefficient (Wildman–Crippen LogP) is 2.44. The Morgan fingerprint density at radius 2 is 2.06 bits per heavy atom. The summed E-state index contributed by atoms with van der Waals surface area (Å²) in [6, 6.07) is 1.81. The molecular formula is C12H9F2NO3. The maximum atomic E-state index is 13.6. The van der Waals surface area contributed by atoms with E-state index in [1.807, 2.05) is 0 Å². The van der Waals surface area contributed by atoms with E-state index in [2.05, 4.69) is 4.98 Å². The highest BCUT2D eigenvalue weighted by molar-refractivity contribution is 6.08. The minimum absolute atomic E-state index is 0.0947. The van der Waals surface area contributed by atoms with Crippen molar-refractivity contribution in [2.24, 2.45) is 0 Å². The molecule has 0 saturated carbocycles. The van der Waals surface area contributed by atoms with Crippen LogP contribution in [-0.4, -0.2) is 23.8 Å². The van der Waals surface area contributed by atoms with Gasteiger partial charge in [-0.25, -0.2) is 13.6 Å². The van der Waals surface area contributed by atoms with E-state index >= 15 is 0 Å². The van der Waals surface area contributed by atoms with Crippen LogP contribution in [0.2, 0.25) is 0 Å². The molecule has 1 N–H and O–H groups in total. The predicted molar refractivity (Wildman–Crippen MR) is 59.6 cm³/mol. The lowest BCUT2D eigenvalue weighted by Crippen LogP contribution is -2.07. The molecule has 0 radical (unpaired) electrons. The number of rotatable bonds is 3. The molecule has 0 atom stereocenters. The summed E-state index contributed by atoms with van der Waals surface area (Å²) in [4.78, 5) is 24.9. The summed E-state index contributed by atoms with van der Waals surface area (Å²) >= 11 is 0. The fourth-order valence-corrected chi connectivity index (χ4v) is 1.74. The minimum atomic E-state index is -0.824. The van der Waals surface area contributed by atoms with Crippen molar-refractivity contribution in [1.29, 1.82) is 0 Å². The van der Waals surface area contributed by atoms with E-state index in [1.54, 1.807) is 6.92 Å². The van der Waals surface area contributed by atoms with Crippen molar-refractivity contribution < 1.29 is 23.1 Å². The Kier molecular flexibility index (Phi) is 3.10. The van der Waals surface area contributed by atoms with Gasteiger partial charge in [0.15, 0.2) is 6.29 Å². The molecule has 18 heavy (non-hydrogen) atoms. The molecule has 0 bridgehead atoms. The molecule has 1 heterocycles. The first-order valence-electron chi connectivity index (χ1n) is 5.22. The third kappa shape index (κ3) is 1.75. The molecule has 1 aromatic carbocycles. The van der Waals surface area contributed by atoms with Crippen molar-refractivity contribution in [1.82, 2.24) is 4.98 Å². The van der Waals surface area contributed by atoms with Crippen LogP contribution in [0.1, 0.15) is 27.8 Å². The van der Waals surface area contributed by atoms with Crippen molar-refractivity contribution in [3.05, 3.63) is 35.0 Å². The third-order valence-electron chi connectivity index (χ3n) is 2.49. The molecule has 2 rings (SSSR count). The SMILES string of the molecule is CCOC(=O)c1[nH]c2c(F)ccc(F)c2c1C=O. The van der Waals surface area contributed by atoms with Gasteiger partial charge in [-0.1, -0.05) is 0 Å². The monoisotopic (exact) mass is 253 g/mol. The molecule has 0 spiro atoms. The number of aromatic amines is 1. The van der Waals surface area contributed by atoms with Crippen molar-refractivity contribution in [3.8, 4) is 0 Å². The Labute approximate surface area is 101 Å². The van der Waals surface area contributed by atoms with Crippen molar-refractivity contribution in [3.63, 3.8) is 0 Å². The van der Waals surface area contributed by atoms with Crippen molar-refractivity contribution >= 4 is 23.2 Å². The molecule has 0 aliphatic carbocycles. The minimum Gasteiger partial charge on any atom is -0.461 e. The van der Waals surface area contributed by atoms with E-state index < -0.39 is 17.6 Å². The average molecular weight is 253 g/mol. The van der Waals surface area contributed by atoms with E-state index in [4.69, 9.17) is 4.74 Å². The van der Waals surface area contributed by atoms with Gasteiger partial charge in [-0.2, -0.15) is 0 Å². The highest BCUT2D eigenvalue weighted by Gasteiger charge is 2.22. The number of benzene rings is 1. The number of carbonyl (C=O) groups is 2. The number of hydrogen-bond acceptors (Lipinski definition) is 3. The topological polar surface area (TPSA) is 59.2 Å². The molecule has 0 saturated heterocycles. The van der Waals surface area contributed by atoms with Gasteiger partial charge >= 0.3 is 5.97 Å². The number of esters is 1. The lowest BCUT2D eigenvalue weighted by atomic mass is 10.1. The molecular weight excluding hydrogens is 244 g/mol. The Bertz CT molecular complexity index is 634. The Balaban J connectivity index is 2.76. The summed E-state index contributed by atoms with van der Waals surface area (Å²) in [6.07, 6.45) is 0.299. The smallest absolute Gasteiger partial charge is 0.355 e. The zero-order valence-corrected chi connectivity index (χ0v) is 9.42. The van der Waals surface area contributed by atoms with Gasteiger partial charge < -0.3 is 9.72 Å². The average Bonchev–Trinajstić information content (AvgIpc) is 2.74. The van der Waals surface area contributed by atoms with E-state index in [-0.39, 0.29) is 28.8 Å². The number of aromatic nitrogens is 1. The van der Waals surface area contributed by atoms with Crippen LogP contribution >= 0.6 is 0 Å². The van der Waals surface area contributed by atoms with Crippen LogP contribution in [0.4, 0.5) is 8.78 Å². The second kappa shape index (κ2) is 4.56. The summed E-state index contributed by atoms with van der Waals surface area (Å²) in [6.45, 7) is 1.68. The van der Waals surface area contributed by atoms with Crippen LogP contribution in [0.15, 0.2) is 12.1 Å². The molecule has 1 aromatic heterocycles. The van der Waals surface area contributed by atoms with Gasteiger partial charge in [-0.3, -0.25) is 4.79 Å². The first-order chi connectivity index (χ1) is 8.60. The number of H-pyrrole nitrogens is 1. The highest BCUT2D eigenvalue weighted by Crippen LogP contribution is 2.26. The first-order valence-corrected chi connectivity index (χ1v) is 5.22. The van der Waals surface area contributed by atoms with Gasteiger partial charge in [0.2, 0.25) is 0 Å². The van der Waals surface area contributed by atoms with Gasteiger partial charge in [0, 0.05) is 5.39 Å². The molecule has 94 valence electrons. The van der Waals surface area contributed by atoms with E-state index in [0.717, 1.165) is 12.1 Å². The maximum Gasteiger partial charge on any atom is 0.355 e. The summed E-state index contributed by atoms with van der Waals surface area (Å²) in [5.74, 6) is -2.35. The molecule has 0 unspecified atom stereocenters. The van der Waals surface area contributed by atoms with E-state index in [9.17, 15) is 18.4 Å². The molecule has 0 aliphatic rings. The zero-order valence-electron chi connectivity index (χ0n) is 9.42. The van der Waals surface area contributed by atoms with Crippen LogP contribution in [0.5, 0.6) is 0 Å². The van der Waals surface area contributed by atoms with Crippen LogP contribution in [0, 0.1) is 11.6 Å². The first kappa shape index (κ1) is 12.2. The molecule has 4 nitrogen and oxygen atoms in total. The molecule has 6 heteroatoms. The van der Waals surface area contributed by atoms with Crippen LogP contribution in [0.3, 0.4) is 0 Å². The number of fused-ring (bicyclic) bond motifs is 1. The molecule has 0 fully saturated rings. The molecule has 2 aromatic rings. The Hall–Kier alpha value is -2.24. The summed E-state index contributed by atoms with van der Waals surface area (Å²) < 4.78 is 31.8. The van der Waals surface area contributed by atoms with Crippen LogP contribution in [-0.2, 0) is 4.74 Å². The number of nitrogens with one attached hydrogen (secondary N) is 1. The van der Waals surface area contributed by atoms with Crippen LogP contribution < -0.4 is 0 Å². The summed E-state index contributed by atoms with van der Waals surface area (Å²) in [5, 5.41) is -0.243. The lowest BCUT2D eigenvalue weighted by Gasteiger charge is -1.99. The normalized spacial score (nSPS) is 10.6. The van der Waals surface area contributed by atoms with Crippen molar-refractivity contribution in [2.75, 3.05) is 6.61 Å². The lowest BCUT2D eigenvalue weighted by molar-refractivity contribution is 0.0518. The van der Waals surface area contributed by atoms with Gasteiger partial charge in [0.05, 0.1) is 17.7 Å². The number of aldehydes is 1. The number of halogens is 2. The van der Waals surface area contributed by atoms with E-state index in [1.165, 1.54) is 0 Å². The number of carbonyl (C=O) groups excluding carboxylic acids is 2. The standard InChI is InChI=1S/C12H9F2NO3/c1-2-18-12(17)10-6(5-16)9-7(13)3-4-8(14)11(9)15-10/h3-5,15H,2H2,1H3.